The second kappa shape index (κ2) is 8.64. The third-order valence-corrected chi connectivity index (χ3v) is 9.26. The lowest BCUT2D eigenvalue weighted by molar-refractivity contribution is -0.137. The van der Waals surface area contributed by atoms with Crippen molar-refractivity contribution < 1.29 is 22.7 Å². The molecule has 3 saturated carbocycles. The summed E-state index contributed by atoms with van der Waals surface area (Å²) in [7, 11) is 1.59. The highest BCUT2D eigenvalue weighted by atomic mass is 19.4. The molecule has 0 spiro atoms. The first kappa shape index (κ1) is 24.1. The van der Waals surface area contributed by atoms with Gasteiger partial charge in [-0.3, -0.25) is 4.79 Å². The summed E-state index contributed by atoms with van der Waals surface area (Å²) >= 11 is 0. The molecule has 2 aromatic rings. The minimum atomic E-state index is -4.35. The minimum absolute atomic E-state index is 0.0739. The third-order valence-electron chi connectivity index (χ3n) is 9.26. The molecular weight excluding hydrogens is 475 g/mol. The van der Waals surface area contributed by atoms with Gasteiger partial charge >= 0.3 is 6.18 Å². The van der Waals surface area contributed by atoms with Gasteiger partial charge in [-0.05, 0) is 66.7 Å². The first-order valence-electron chi connectivity index (χ1n) is 12.9. The van der Waals surface area contributed by atoms with Crippen LogP contribution < -0.4 is 4.74 Å². The van der Waals surface area contributed by atoms with Gasteiger partial charge < -0.3 is 9.64 Å². The van der Waals surface area contributed by atoms with E-state index in [2.05, 4.69) is 24.8 Å². The molecule has 0 N–H and O–H groups in total. The van der Waals surface area contributed by atoms with E-state index in [9.17, 15) is 18.0 Å². The second-order valence-electron chi connectivity index (χ2n) is 10.9. The van der Waals surface area contributed by atoms with Gasteiger partial charge in [0.15, 0.2) is 0 Å². The average Bonchev–Trinajstić information content (AvgIpc) is 3.28. The SMILES string of the molecule is C=C(C(=O)N1CC2C3CCC4(c5ccc(C(F)(F)F)cc5)C=CC=C(C3)C4C2C1)c1ccccc1OC. The van der Waals surface area contributed by atoms with Crippen molar-refractivity contribution in [3.05, 3.63) is 95.6 Å². The lowest BCUT2D eigenvalue weighted by atomic mass is 9.56. The fraction of sp³-hybridized carbons (Fsp3) is 0.387. The van der Waals surface area contributed by atoms with Crippen LogP contribution >= 0.6 is 0 Å². The molecule has 6 heteroatoms. The standard InChI is InChI=1S/C31H30F3NO2/c1-19(24-7-3-4-8-27(24)37-2)29(36)35-17-25-20-13-15-30(22-9-11-23(12-10-22)31(32,33)34)14-5-6-21(16-20)28(30)26(25)18-35/h3-12,14,20,25-26,28H,1,13,15-18H2,2H3. The number of para-hydroxylation sites is 1. The quantitative estimate of drug-likeness (QED) is 0.435. The number of methoxy groups -OCH3 is 1. The van der Waals surface area contributed by atoms with Crippen molar-refractivity contribution in [2.24, 2.45) is 23.7 Å². The molecule has 4 fully saturated rings. The maximum absolute atomic E-state index is 13.6. The van der Waals surface area contributed by atoms with Crippen molar-refractivity contribution >= 4 is 11.5 Å². The summed E-state index contributed by atoms with van der Waals surface area (Å²) in [6, 6.07) is 13.2. The summed E-state index contributed by atoms with van der Waals surface area (Å²) in [6.45, 7) is 5.45. The maximum atomic E-state index is 13.6. The molecule has 5 atom stereocenters. The number of fused-ring (bicyclic) bond motifs is 1. The smallest absolute Gasteiger partial charge is 0.416 e. The van der Waals surface area contributed by atoms with E-state index in [4.69, 9.17) is 4.74 Å². The number of hydrogen-bond donors (Lipinski definition) is 0. The highest BCUT2D eigenvalue weighted by Gasteiger charge is 2.58. The van der Waals surface area contributed by atoms with Gasteiger partial charge in [0.25, 0.3) is 5.91 Å². The van der Waals surface area contributed by atoms with E-state index in [1.165, 1.54) is 17.7 Å². The van der Waals surface area contributed by atoms with Gasteiger partial charge in [0.1, 0.15) is 5.75 Å². The predicted molar refractivity (Wildman–Crippen MR) is 137 cm³/mol. The first-order valence-corrected chi connectivity index (χ1v) is 12.9. The molecule has 5 aliphatic rings. The van der Waals surface area contributed by atoms with Gasteiger partial charge in [-0.25, -0.2) is 0 Å². The van der Waals surface area contributed by atoms with Crippen LogP contribution in [-0.2, 0) is 16.4 Å². The van der Waals surface area contributed by atoms with Crippen LogP contribution in [0.2, 0.25) is 0 Å². The molecular formula is C31H30F3NO2. The summed E-state index contributed by atoms with van der Waals surface area (Å²) in [6.07, 6.45) is 5.06. The topological polar surface area (TPSA) is 29.5 Å². The van der Waals surface area contributed by atoms with Crippen molar-refractivity contribution in [3.63, 3.8) is 0 Å². The molecule has 4 aliphatic carbocycles. The Morgan fingerprint density at radius 1 is 1.08 bits per heavy atom. The predicted octanol–water partition coefficient (Wildman–Crippen LogP) is 6.67. The molecule has 7 rings (SSSR count). The summed E-state index contributed by atoms with van der Waals surface area (Å²) < 4.78 is 45.3. The van der Waals surface area contributed by atoms with E-state index in [-0.39, 0.29) is 23.2 Å². The van der Waals surface area contributed by atoms with Crippen LogP contribution in [0.25, 0.3) is 5.57 Å². The Hall–Kier alpha value is -3.28. The van der Waals surface area contributed by atoms with Crippen molar-refractivity contribution in [3.8, 4) is 5.75 Å². The molecule has 192 valence electrons. The number of carbonyl (C=O) groups excluding carboxylic acids is 1. The molecule has 1 amide bonds. The zero-order valence-corrected chi connectivity index (χ0v) is 20.8. The monoisotopic (exact) mass is 505 g/mol. The number of alkyl halides is 3. The third kappa shape index (κ3) is 3.75. The minimum Gasteiger partial charge on any atom is -0.496 e. The Balaban J connectivity index is 1.32. The Bertz CT molecular complexity index is 1310. The summed E-state index contributed by atoms with van der Waals surface area (Å²) in [5, 5.41) is 0. The lowest BCUT2D eigenvalue weighted by Crippen LogP contribution is -2.44. The zero-order valence-electron chi connectivity index (χ0n) is 20.8. The van der Waals surface area contributed by atoms with Crippen LogP contribution in [0.1, 0.15) is 36.0 Å². The fourth-order valence-electron chi connectivity index (χ4n) is 7.63. The van der Waals surface area contributed by atoms with Crippen molar-refractivity contribution in [2.75, 3.05) is 20.2 Å². The number of nitrogens with zero attached hydrogens (tertiary/aromatic N) is 1. The Morgan fingerprint density at radius 2 is 1.81 bits per heavy atom. The molecule has 1 aliphatic heterocycles. The fourth-order valence-corrected chi connectivity index (χ4v) is 7.63. The van der Waals surface area contributed by atoms with E-state index in [1.807, 2.05) is 29.2 Å². The second-order valence-corrected chi connectivity index (χ2v) is 10.9. The van der Waals surface area contributed by atoms with E-state index in [0.29, 0.717) is 41.8 Å². The maximum Gasteiger partial charge on any atom is 0.416 e. The highest BCUT2D eigenvalue weighted by molar-refractivity contribution is 6.19. The average molecular weight is 506 g/mol. The lowest BCUT2D eigenvalue weighted by Gasteiger charge is -2.47. The number of allylic oxidation sites excluding steroid dienone is 4. The molecule has 0 radical (unpaired) electrons. The van der Waals surface area contributed by atoms with Crippen LogP contribution in [0, 0.1) is 23.7 Å². The van der Waals surface area contributed by atoms with Crippen LogP contribution in [0.4, 0.5) is 13.2 Å². The van der Waals surface area contributed by atoms with Gasteiger partial charge in [0.05, 0.1) is 12.7 Å². The molecule has 5 unspecified atom stereocenters. The van der Waals surface area contributed by atoms with Crippen LogP contribution in [0.15, 0.2) is 78.9 Å². The first-order chi connectivity index (χ1) is 17.7. The molecule has 4 bridgehead atoms. The number of rotatable bonds is 4. The van der Waals surface area contributed by atoms with Crippen LogP contribution in [0.3, 0.4) is 0 Å². The molecule has 3 nitrogen and oxygen atoms in total. The van der Waals surface area contributed by atoms with Crippen LogP contribution in [-0.4, -0.2) is 31.0 Å². The van der Waals surface area contributed by atoms with E-state index in [0.717, 1.165) is 24.8 Å². The summed E-state index contributed by atoms with van der Waals surface area (Å²) in [4.78, 5) is 15.6. The van der Waals surface area contributed by atoms with Gasteiger partial charge in [-0.1, -0.05) is 60.7 Å². The van der Waals surface area contributed by atoms with Gasteiger partial charge in [-0.2, -0.15) is 13.2 Å². The number of carbonyl (C=O) groups is 1. The summed E-state index contributed by atoms with van der Waals surface area (Å²) in [5.41, 5.74) is 2.49. The van der Waals surface area contributed by atoms with Crippen molar-refractivity contribution in [1.29, 1.82) is 0 Å². The van der Waals surface area contributed by atoms with E-state index in [1.54, 1.807) is 19.2 Å². The molecule has 37 heavy (non-hydrogen) atoms. The van der Waals surface area contributed by atoms with Crippen molar-refractivity contribution in [2.45, 2.75) is 30.9 Å². The largest absolute Gasteiger partial charge is 0.496 e. The van der Waals surface area contributed by atoms with E-state index < -0.39 is 11.7 Å². The number of amides is 1. The van der Waals surface area contributed by atoms with Crippen LogP contribution in [0.5, 0.6) is 5.75 Å². The number of benzene rings is 2. The Kier molecular flexibility index (Phi) is 5.62. The zero-order chi connectivity index (χ0) is 25.9. The molecule has 1 saturated heterocycles. The Morgan fingerprint density at radius 3 is 2.54 bits per heavy atom. The van der Waals surface area contributed by atoms with Gasteiger partial charge in [-0.15, -0.1) is 0 Å². The van der Waals surface area contributed by atoms with Gasteiger partial charge in [0.2, 0.25) is 0 Å². The highest BCUT2D eigenvalue weighted by Crippen LogP contribution is 2.61. The molecule has 0 aromatic heterocycles. The number of ether oxygens (including phenoxy) is 1. The Labute approximate surface area is 215 Å². The molecule has 1 heterocycles. The number of hydrogen-bond acceptors (Lipinski definition) is 2. The normalized spacial score (nSPS) is 29.9. The molecule has 2 aromatic carbocycles. The summed E-state index contributed by atoms with van der Waals surface area (Å²) in [5.74, 6) is 1.82. The number of halogens is 3. The van der Waals surface area contributed by atoms with Crippen molar-refractivity contribution in [1.82, 2.24) is 4.90 Å². The van der Waals surface area contributed by atoms with E-state index >= 15 is 0 Å². The van der Waals surface area contributed by atoms with Gasteiger partial charge in [0, 0.05) is 29.6 Å². The number of likely N-dealkylation sites (tertiary alicyclic amines) is 1.